The fraction of sp³-hybridized carbons (Fsp3) is 0.632. The molecule has 2 fully saturated rings. The second kappa shape index (κ2) is 8.34. The standard InChI is InChI=1S/C19H28BrN3O/c1-14(15-6-9-21-10-7-15)12-19(24)22-16-8-11-23(13-16)18-5-3-2-4-17(18)20/h2-5,14-16,21H,6-13H2,1H3,(H,22,24). The second-order valence-electron chi connectivity index (χ2n) is 7.22. The Morgan fingerprint density at radius 2 is 2.08 bits per heavy atom. The van der Waals surface area contributed by atoms with E-state index in [0.29, 0.717) is 18.3 Å². The van der Waals surface area contributed by atoms with Crippen molar-refractivity contribution in [3.05, 3.63) is 28.7 Å². The zero-order chi connectivity index (χ0) is 16.9. The van der Waals surface area contributed by atoms with Crippen LogP contribution in [0.3, 0.4) is 0 Å². The Hall–Kier alpha value is -1.07. The van der Waals surface area contributed by atoms with Crippen molar-refractivity contribution in [2.24, 2.45) is 11.8 Å². The Labute approximate surface area is 153 Å². The van der Waals surface area contributed by atoms with Crippen molar-refractivity contribution < 1.29 is 4.79 Å². The normalized spacial score (nSPS) is 23.2. The highest BCUT2D eigenvalue weighted by molar-refractivity contribution is 9.10. The smallest absolute Gasteiger partial charge is 0.220 e. The Morgan fingerprint density at radius 1 is 1.33 bits per heavy atom. The summed E-state index contributed by atoms with van der Waals surface area (Å²) >= 11 is 3.62. The van der Waals surface area contributed by atoms with Gasteiger partial charge in [0.15, 0.2) is 0 Å². The molecule has 0 saturated carbocycles. The number of benzene rings is 1. The number of nitrogens with zero attached hydrogens (tertiary/aromatic N) is 1. The van der Waals surface area contributed by atoms with E-state index in [1.165, 1.54) is 18.5 Å². The highest BCUT2D eigenvalue weighted by atomic mass is 79.9. The largest absolute Gasteiger partial charge is 0.368 e. The molecule has 3 rings (SSSR count). The van der Waals surface area contributed by atoms with E-state index in [-0.39, 0.29) is 11.9 Å². The lowest BCUT2D eigenvalue weighted by atomic mass is 9.84. The van der Waals surface area contributed by atoms with Crippen LogP contribution in [0, 0.1) is 11.8 Å². The minimum atomic E-state index is 0.222. The summed E-state index contributed by atoms with van der Waals surface area (Å²) in [6, 6.07) is 8.57. The van der Waals surface area contributed by atoms with Crippen molar-refractivity contribution in [3.63, 3.8) is 0 Å². The number of nitrogens with one attached hydrogen (secondary N) is 2. The Balaban J connectivity index is 1.46. The summed E-state index contributed by atoms with van der Waals surface area (Å²) in [4.78, 5) is 14.8. The van der Waals surface area contributed by atoms with Crippen LogP contribution in [0.4, 0.5) is 5.69 Å². The molecule has 0 aromatic heterocycles. The van der Waals surface area contributed by atoms with Crippen LogP contribution in [-0.2, 0) is 4.79 Å². The third-order valence-corrected chi connectivity index (χ3v) is 6.11. The Kier molecular flexibility index (Phi) is 6.17. The molecule has 1 aromatic carbocycles. The number of piperidine rings is 1. The molecule has 2 saturated heterocycles. The van der Waals surface area contributed by atoms with Gasteiger partial charge in [-0.3, -0.25) is 4.79 Å². The van der Waals surface area contributed by atoms with Gasteiger partial charge in [-0.15, -0.1) is 0 Å². The molecule has 0 bridgehead atoms. The van der Waals surface area contributed by atoms with Gasteiger partial charge >= 0.3 is 0 Å². The van der Waals surface area contributed by atoms with Crippen molar-refractivity contribution in [2.45, 2.75) is 38.6 Å². The minimum absolute atomic E-state index is 0.222. The van der Waals surface area contributed by atoms with Crippen molar-refractivity contribution in [2.75, 3.05) is 31.1 Å². The zero-order valence-electron chi connectivity index (χ0n) is 14.4. The molecule has 5 heteroatoms. The average molecular weight is 394 g/mol. The van der Waals surface area contributed by atoms with Crippen LogP contribution in [0.5, 0.6) is 0 Å². The molecular formula is C19H28BrN3O. The lowest BCUT2D eigenvalue weighted by Crippen LogP contribution is -2.39. The van der Waals surface area contributed by atoms with E-state index < -0.39 is 0 Å². The summed E-state index contributed by atoms with van der Waals surface area (Å²) in [5, 5.41) is 6.65. The van der Waals surface area contributed by atoms with Crippen molar-refractivity contribution in [1.29, 1.82) is 0 Å². The first-order valence-electron chi connectivity index (χ1n) is 9.13. The number of anilines is 1. The molecule has 2 N–H and O–H groups in total. The molecule has 1 aromatic rings. The summed E-state index contributed by atoms with van der Waals surface area (Å²) in [5.74, 6) is 1.39. The van der Waals surface area contributed by atoms with E-state index in [0.717, 1.165) is 37.1 Å². The van der Waals surface area contributed by atoms with Gasteiger partial charge in [0.2, 0.25) is 5.91 Å². The van der Waals surface area contributed by atoms with Crippen LogP contribution in [0.1, 0.15) is 32.6 Å². The highest BCUT2D eigenvalue weighted by Crippen LogP contribution is 2.29. The number of hydrogen-bond donors (Lipinski definition) is 2. The van der Waals surface area contributed by atoms with Crippen LogP contribution < -0.4 is 15.5 Å². The average Bonchev–Trinajstić information content (AvgIpc) is 3.04. The first kappa shape index (κ1) is 17.7. The molecule has 2 unspecified atom stereocenters. The van der Waals surface area contributed by atoms with Crippen molar-refractivity contribution in [1.82, 2.24) is 10.6 Å². The molecule has 24 heavy (non-hydrogen) atoms. The number of carbonyl (C=O) groups is 1. The predicted molar refractivity (Wildman–Crippen MR) is 102 cm³/mol. The predicted octanol–water partition coefficient (Wildman–Crippen LogP) is 3.17. The maximum Gasteiger partial charge on any atom is 0.220 e. The van der Waals surface area contributed by atoms with E-state index in [2.05, 4.69) is 56.6 Å². The van der Waals surface area contributed by atoms with Crippen LogP contribution in [0.15, 0.2) is 28.7 Å². The van der Waals surface area contributed by atoms with Crippen LogP contribution >= 0.6 is 15.9 Å². The lowest BCUT2D eigenvalue weighted by molar-refractivity contribution is -0.122. The van der Waals surface area contributed by atoms with E-state index in [4.69, 9.17) is 0 Å². The summed E-state index contributed by atoms with van der Waals surface area (Å²) in [7, 11) is 0. The summed E-state index contributed by atoms with van der Waals surface area (Å²) in [6.07, 6.45) is 4.09. The van der Waals surface area contributed by atoms with Gasteiger partial charge in [0.1, 0.15) is 0 Å². The molecule has 1 amide bonds. The highest BCUT2D eigenvalue weighted by Gasteiger charge is 2.27. The van der Waals surface area contributed by atoms with Crippen LogP contribution in [-0.4, -0.2) is 38.1 Å². The van der Waals surface area contributed by atoms with Crippen molar-refractivity contribution >= 4 is 27.5 Å². The number of rotatable bonds is 5. The van der Waals surface area contributed by atoms with Gasteiger partial charge < -0.3 is 15.5 Å². The number of para-hydroxylation sites is 1. The number of carbonyl (C=O) groups excluding carboxylic acids is 1. The van der Waals surface area contributed by atoms with Gasteiger partial charge in [0, 0.05) is 30.0 Å². The van der Waals surface area contributed by atoms with E-state index in [1.54, 1.807) is 0 Å². The Bertz CT molecular complexity index is 559. The molecular weight excluding hydrogens is 366 g/mol. The molecule has 4 nitrogen and oxygen atoms in total. The minimum Gasteiger partial charge on any atom is -0.368 e. The third-order valence-electron chi connectivity index (χ3n) is 5.44. The fourth-order valence-corrected chi connectivity index (χ4v) is 4.50. The van der Waals surface area contributed by atoms with Gasteiger partial charge in [-0.1, -0.05) is 19.1 Å². The van der Waals surface area contributed by atoms with Gasteiger partial charge in [-0.25, -0.2) is 0 Å². The zero-order valence-corrected chi connectivity index (χ0v) is 16.0. The van der Waals surface area contributed by atoms with Crippen LogP contribution in [0.2, 0.25) is 0 Å². The maximum absolute atomic E-state index is 12.4. The van der Waals surface area contributed by atoms with E-state index in [9.17, 15) is 4.79 Å². The molecule has 0 radical (unpaired) electrons. The van der Waals surface area contributed by atoms with Gasteiger partial charge in [-0.2, -0.15) is 0 Å². The molecule has 2 aliphatic heterocycles. The Morgan fingerprint density at radius 3 is 2.83 bits per heavy atom. The number of amides is 1. The quantitative estimate of drug-likeness (QED) is 0.807. The molecule has 0 aliphatic carbocycles. The number of halogens is 1. The van der Waals surface area contributed by atoms with Gasteiger partial charge in [0.05, 0.1) is 5.69 Å². The summed E-state index contributed by atoms with van der Waals surface area (Å²) in [6.45, 7) is 6.32. The molecule has 2 aliphatic rings. The number of hydrogen-bond acceptors (Lipinski definition) is 3. The molecule has 2 atom stereocenters. The SMILES string of the molecule is CC(CC(=O)NC1CCN(c2ccccc2Br)C1)C1CCNCC1. The van der Waals surface area contributed by atoms with E-state index in [1.807, 2.05) is 6.07 Å². The van der Waals surface area contributed by atoms with Crippen LogP contribution in [0.25, 0.3) is 0 Å². The topological polar surface area (TPSA) is 44.4 Å². The van der Waals surface area contributed by atoms with Gasteiger partial charge in [0.25, 0.3) is 0 Å². The lowest BCUT2D eigenvalue weighted by Gasteiger charge is -2.28. The van der Waals surface area contributed by atoms with Crippen molar-refractivity contribution in [3.8, 4) is 0 Å². The molecule has 132 valence electrons. The first-order chi connectivity index (χ1) is 11.6. The maximum atomic E-state index is 12.4. The first-order valence-corrected chi connectivity index (χ1v) is 9.92. The third kappa shape index (κ3) is 4.51. The fourth-order valence-electron chi connectivity index (χ4n) is 3.96. The second-order valence-corrected chi connectivity index (χ2v) is 8.07. The molecule has 2 heterocycles. The van der Waals surface area contributed by atoms with E-state index >= 15 is 0 Å². The van der Waals surface area contributed by atoms with Gasteiger partial charge in [-0.05, 0) is 72.3 Å². The summed E-state index contributed by atoms with van der Waals surface area (Å²) in [5.41, 5.74) is 1.22. The molecule has 0 spiro atoms. The monoisotopic (exact) mass is 393 g/mol. The summed E-state index contributed by atoms with van der Waals surface area (Å²) < 4.78 is 1.12.